The monoisotopic (exact) mass is 493 g/mol. The molecule has 0 aliphatic heterocycles. The van der Waals surface area contributed by atoms with E-state index >= 15 is 0 Å². The quantitative estimate of drug-likeness (QED) is 0.252. The first kappa shape index (κ1) is 25.6. The Morgan fingerprint density at radius 3 is 1.83 bits per heavy atom. The number of hydrogen-bond acceptors (Lipinski definition) is 5. The van der Waals surface area contributed by atoms with Gasteiger partial charge in [0.2, 0.25) is 0 Å². The van der Waals surface area contributed by atoms with Gasteiger partial charge in [0.05, 0.1) is 24.2 Å². The summed E-state index contributed by atoms with van der Waals surface area (Å²) in [6.07, 6.45) is 4.21. The molecule has 35 heavy (non-hydrogen) atoms. The molecule has 1 fully saturated rings. The highest BCUT2D eigenvalue weighted by atomic mass is 32.2. The van der Waals surface area contributed by atoms with E-state index in [2.05, 4.69) is 65.6 Å². The van der Waals surface area contributed by atoms with Crippen LogP contribution in [0.2, 0.25) is 0 Å². The van der Waals surface area contributed by atoms with Crippen molar-refractivity contribution < 1.29 is 17.3 Å². The van der Waals surface area contributed by atoms with E-state index in [4.69, 9.17) is 8.92 Å². The Labute approximate surface area is 209 Å². The maximum absolute atomic E-state index is 12.3. The summed E-state index contributed by atoms with van der Waals surface area (Å²) < 4.78 is 35.8. The summed E-state index contributed by atoms with van der Waals surface area (Å²) in [7, 11) is -3.75. The predicted molar refractivity (Wildman–Crippen MR) is 138 cm³/mol. The van der Waals surface area contributed by atoms with Gasteiger partial charge in [-0.3, -0.25) is 9.08 Å². The Bertz CT molecular complexity index is 1080. The van der Waals surface area contributed by atoms with Crippen molar-refractivity contribution >= 4 is 10.1 Å². The van der Waals surface area contributed by atoms with Crippen LogP contribution in [0.15, 0.2) is 89.8 Å². The molecule has 0 amide bonds. The Hall–Kier alpha value is -2.51. The summed E-state index contributed by atoms with van der Waals surface area (Å²) in [6.45, 7) is 4.08. The molecule has 0 spiro atoms. The second kappa shape index (κ2) is 12.5. The molecule has 0 bridgehead atoms. The molecule has 0 N–H and O–H groups in total. The molecule has 3 aromatic carbocycles. The average Bonchev–Trinajstić information content (AvgIpc) is 2.88. The molecule has 4 rings (SSSR count). The zero-order chi connectivity index (χ0) is 24.5. The first-order valence-corrected chi connectivity index (χ1v) is 13.8. The normalized spacial score (nSPS) is 18.6. The van der Waals surface area contributed by atoms with Crippen LogP contribution in [0.25, 0.3) is 0 Å². The summed E-state index contributed by atoms with van der Waals surface area (Å²) in [4.78, 5) is 2.76. The highest BCUT2D eigenvalue weighted by molar-refractivity contribution is 7.86. The van der Waals surface area contributed by atoms with Gasteiger partial charge in [0.15, 0.2) is 0 Å². The number of benzene rings is 3. The van der Waals surface area contributed by atoms with Crippen molar-refractivity contribution in [1.82, 2.24) is 4.90 Å². The van der Waals surface area contributed by atoms with E-state index in [0.717, 1.165) is 44.3 Å². The summed E-state index contributed by atoms with van der Waals surface area (Å²) in [5.41, 5.74) is 3.66. The molecule has 0 saturated heterocycles. The topological polar surface area (TPSA) is 55.8 Å². The number of hydrogen-bond donors (Lipinski definition) is 0. The van der Waals surface area contributed by atoms with E-state index < -0.39 is 10.1 Å². The third kappa shape index (κ3) is 7.74. The van der Waals surface area contributed by atoms with Crippen LogP contribution >= 0.6 is 0 Å². The Balaban J connectivity index is 1.25. The molecule has 6 heteroatoms. The van der Waals surface area contributed by atoms with Crippen LogP contribution in [0.4, 0.5) is 0 Å². The fourth-order valence-electron chi connectivity index (χ4n) is 4.66. The molecule has 0 heterocycles. The van der Waals surface area contributed by atoms with Crippen molar-refractivity contribution in [3.05, 3.63) is 102 Å². The number of nitrogens with zero attached hydrogens (tertiary/aromatic N) is 1. The number of rotatable bonds is 11. The van der Waals surface area contributed by atoms with Gasteiger partial charge in [0, 0.05) is 19.1 Å². The second-order valence-corrected chi connectivity index (χ2v) is 10.9. The van der Waals surface area contributed by atoms with E-state index in [1.54, 1.807) is 24.3 Å². The average molecular weight is 494 g/mol. The van der Waals surface area contributed by atoms with Crippen molar-refractivity contribution in [2.45, 2.75) is 62.7 Å². The van der Waals surface area contributed by atoms with Crippen LogP contribution < -0.4 is 0 Å². The number of ether oxygens (including phenoxy) is 1. The largest absolute Gasteiger partial charge is 0.376 e. The van der Waals surface area contributed by atoms with Crippen LogP contribution in [0, 0.1) is 6.92 Å². The third-order valence-electron chi connectivity index (χ3n) is 6.60. The van der Waals surface area contributed by atoms with Crippen LogP contribution in [-0.2, 0) is 32.1 Å². The van der Waals surface area contributed by atoms with E-state index in [9.17, 15) is 8.42 Å². The van der Waals surface area contributed by atoms with Crippen molar-refractivity contribution in [2.75, 3.05) is 13.2 Å². The Morgan fingerprint density at radius 1 is 0.743 bits per heavy atom. The lowest BCUT2D eigenvalue weighted by Crippen LogP contribution is -2.39. The van der Waals surface area contributed by atoms with Gasteiger partial charge < -0.3 is 4.74 Å². The maximum atomic E-state index is 12.3. The lowest BCUT2D eigenvalue weighted by Gasteiger charge is -2.37. The molecule has 0 radical (unpaired) electrons. The van der Waals surface area contributed by atoms with Crippen molar-refractivity contribution in [3.63, 3.8) is 0 Å². The molecular formula is C29H35NO4S. The standard InChI is InChI=1S/C29H35NO4S/c1-24-12-18-29(19-13-24)35(31,32)34-21-20-33-28-16-14-27(15-17-28)30(22-25-8-4-2-5-9-25)23-26-10-6-3-7-11-26/h2-13,18-19,27-28H,14-17,20-23H2,1H3. The van der Waals surface area contributed by atoms with Gasteiger partial charge >= 0.3 is 0 Å². The van der Waals surface area contributed by atoms with Gasteiger partial charge in [-0.05, 0) is 55.9 Å². The highest BCUT2D eigenvalue weighted by Gasteiger charge is 2.27. The van der Waals surface area contributed by atoms with Gasteiger partial charge in [-0.2, -0.15) is 8.42 Å². The minimum absolute atomic E-state index is 0.0320. The molecular weight excluding hydrogens is 458 g/mol. The molecule has 3 aromatic rings. The van der Waals surface area contributed by atoms with E-state index in [1.165, 1.54) is 11.1 Å². The van der Waals surface area contributed by atoms with E-state index in [0.29, 0.717) is 6.04 Å². The molecule has 0 aromatic heterocycles. The fraction of sp³-hybridized carbons (Fsp3) is 0.379. The molecule has 186 valence electrons. The predicted octanol–water partition coefficient (Wildman–Crippen LogP) is 5.73. The zero-order valence-electron chi connectivity index (χ0n) is 20.4. The lowest BCUT2D eigenvalue weighted by atomic mass is 9.91. The number of aryl methyl sites for hydroxylation is 1. The van der Waals surface area contributed by atoms with Crippen LogP contribution in [0.3, 0.4) is 0 Å². The van der Waals surface area contributed by atoms with Gasteiger partial charge in [-0.25, -0.2) is 0 Å². The van der Waals surface area contributed by atoms with Gasteiger partial charge in [0.1, 0.15) is 0 Å². The van der Waals surface area contributed by atoms with Gasteiger partial charge in [-0.15, -0.1) is 0 Å². The highest BCUT2D eigenvalue weighted by Crippen LogP contribution is 2.28. The zero-order valence-corrected chi connectivity index (χ0v) is 21.2. The van der Waals surface area contributed by atoms with Crippen molar-refractivity contribution in [2.24, 2.45) is 0 Å². The van der Waals surface area contributed by atoms with Crippen LogP contribution in [-0.4, -0.2) is 38.7 Å². The lowest BCUT2D eigenvalue weighted by molar-refractivity contribution is -0.00595. The Morgan fingerprint density at radius 2 is 1.29 bits per heavy atom. The van der Waals surface area contributed by atoms with Crippen LogP contribution in [0.1, 0.15) is 42.4 Å². The Kier molecular flexibility index (Phi) is 9.10. The summed E-state index contributed by atoms with van der Waals surface area (Å²) in [5, 5.41) is 0. The summed E-state index contributed by atoms with van der Waals surface area (Å²) >= 11 is 0. The molecule has 1 saturated carbocycles. The summed E-state index contributed by atoms with van der Waals surface area (Å²) in [6, 6.07) is 28.5. The third-order valence-corrected chi connectivity index (χ3v) is 7.93. The second-order valence-electron chi connectivity index (χ2n) is 9.27. The van der Waals surface area contributed by atoms with Gasteiger partial charge in [-0.1, -0.05) is 78.4 Å². The van der Waals surface area contributed by atoms with E-state index in [1.807, 2.05) is 6.92 Å². The first-order valence-electron chi connectivity index (χ1n) is 12.4. The molecule has 1 aliphatic rings. The van der Waals surface area contributed by atoms with Crippen molar-refractivity contribution in [1.29, 1.82) is 0 Å². The molecule has 0 atom stereocenters. The first-order chi connectivity index (χ1) is 17.0. The molecule has 0 unspecified atom stereocenters. The fourth-order valence-corrected chi connectivity index (χ4v) is 5.55. The van der Waals surface area contributed by atoms with E-state index in [-0.39, 0.29) is 24.2 Å². The molecule has 1 aliphatic carbocycles. The summed E-state index contributed by atoms with van der Waals surface area (Å²) in [5.74, 6) is 0. The minimum Gasteiger partial charge on any atom is -0.376 e. The van der Waals surface area contributed by atoms with Crippen molar-refractivity contribution in [3.8, 4) is 0 Å². The minimum atomic E-state index is -3.75. The SMILES string of the molecule is Cc1ccc(S(=O)(=O)OCCOC2CCC(N(Cc3ccccc3)Cc3ccccc3)CC2)cc1. The molecule has 5 nitrogen and oxygen atoms in total. The van der Waals surface area contributed by atoms with Gasteiger partial charge in [0.25, 0.3) is 10.1 Å². The smallest absolute Gasteiger partial charge is 0.297 e. The maximum Gasteiger partial charge on any atom is 0.297 e. The van der Waals surface area contributed by atoms with Crippen LogP contribution in [0.5, 0.6) is 0 Å².